The van der Waals surface area contributed by atoms with Crippen LogP contribution in [0.4, 0.5) is 0 Å². The summed E-state index contributed by atoms with van der Waals surface area (Å²) in [7, 11) is -3.62. The topological polar surface area (TPSA) is 124 Å². The molecule has 0 radical (unpaired) electrons. The number of fused-ring (bicyclic) bond motifs is 1. The van der Waals surface area contributed by atoms with Gasteiger partial charge in [0.15, 0.2) is 20.5 Å². The van der Waals surface area contributed by atoms with Gasteiger partial charge in [-0.05, 0) is 45.2 Å². The van der Waals surface area contributed by atoms with Gasteiger partial charge in [0.1, 0.15) is 17.9 Å². The molecule has 0 bridgehead atoms. The molecule has 0 atom stereocenters. The van der Waals surface area contributed by atoms with E-state index < -0.39 is 15.1 Å². The maximum absolute atomic E-state index is 12.9. The lowest BCUT2D eigenvalue weighted by Crippen LogP contribution is -2.18. The molecule has 2 heterocycles. The Morgan fingerprint density at radius 2 is 1.42 bits per heavy atom. The van der Waals surface area contributed by atoms with Crippen molar-refractivity contribution < 1.29 is 23.1 Å². The molecule has 9 nitrogen and oxygen atoms in total. The third-order valence-electron chi connectivity index (χ3n) is 6.74. The van der Waals surface area contributed by atoms with Gasteiger partial charge in [-0.25, -0.2) is 18.4 Å². The molecule has 0 aromatic carbocycles. The summed E-state index contributed by atoms with van der Waals surface area (Å²) in [5.74, 6) is 0.507. The number of hydrogen-bond donors (Lipinski definition) is 1. The number of imidazole rings is 1. The first-order valence-corrected chi connectivity index (χ1v) is 16.0. The Bertz CT molecular complexity index is 1100. The van der Waals surface area contributed by atoms with E-state index in [4.69, 9.17) is 21.4 Å². The molecule has 1 N–H and O–H groups in total. The first kappa shape index (κ1) is 32.4. The predicted octanol–water partition coefficient (Wildman–Crippen LogP) is 5.97. The summed E-state index contributed by atoms with van der Waals surface area (Å²) in [6.07, 6.45) is 15.4. The van der Waals surface area contributed by atoms with Gasteiger partial charge in [0.2, 0.25) is 5.28 Å². The summed E-state index contributed by atoms with van der Waals surface area (Å²) in [4.78, 5) is 24.0. The second-order valence-electron chi connectivity index (χ2n) is 10.2. The molecule has 0 amide bonds. The van der Waals surface area contributed by atoms with Gasteiger partial charge in [-0.1, -0.05) is 70.6 Å². The van der Waals surface area contributed by atoms with Crippen LogP contribution in [0.5, 0.6) is 0 Å². The largest absolute Gasteiger partial charge is 0.463 e. The highest BCUT2D eigenvalue weighted by Gasteiger charge is 2.28. The molecule has 0 aliphatic carbocycles. The van der Waals surface area contributed by atoms with Gasteiger partial charge < -0.3 is 14.4 Å². The molecule has 0 saturated heterocycles. The van der Waals surface area contributed by atoms with E-state index >= 15 is 0 Å². The van der Waals surface area contributed by atoms with Gasteiger partial charge >= 0.3 is 5.97 Å². The molecule has 2 aromatic rings. The SMILES string of the molecule is Cc1nc2nc(Cl)nc(S(=O)(=O)C(C)C)c2n1CCCCCCCCCCCCCCCC(=O)OCCO. The summed E-state index contributed by atoms with van der Waals surface area (Å²) in [5, 5.41) is 7.89. The fourth-order valence-electron chi connectivity index (χ4n) is 4.50. The van der Waals surface area contributed by atoms with E-state index in [2.05, 4.69) is 15.0 Å². The first-order chi connectivity index (χ1) is 18.2. The molecule has 0 unspecified atom stereocenters. The van der Waals surface area contributed by atoms with Gasteiger partial charge in [0.25, 0.3) is 0 Å². The highest BCUT2D eigenvalue weighted by Crippen LogP contribution is 2.26. The minimum atomic E-state index is -3.62. The number of aliphatic hydroxyl groups excluding tert-OH is 1. The summed E-state index contributed by atoms with van der Waals surface area (Å²) >= 11 is 6.00. The normalized spacial score (nSPS) is 12.1. The van der Waals surface area contributed by atoms with Crippen molar-refractivity contribution in [3.63, 3.8) is 0 Å². The summed E-state index contributed by atoms with van der Waals surface area (Å²) in [6, 6.07) is 0. The van der Waals surface area contributed by atoms with E-state index in [0.717, 1.165) is 44.3 Å². The molecule has 0 spiro atoms. The average molecular weight is 573 g/mol. The zero-order chi connectivity index (χ0) is 28.0. The number of aromatic nitrogens is 4. The number of carbonyl (C=O) groups excluding carboxylic acids is 1. The van der Waals surface area contributed by atoms with Crippen molar-refractivity contribution in [1.29, 1.82) is 0 Å². The fourth-order valence-corrected chi connectivity index (χ4v) is 5.84. The van der Waals surface area contributed by atoms with E-state index in [1.165, 1.54) is 44.9 Å². The van der Waals surface area contributed by atoms with Crippen molar-refractivity contribution in [3.8, 4) is 0 Å². The van der Waals surface area contributed by atoms with Crippen molar-refractivity contribution in [2.24, 2.45) is 0 Å². The Morgan fingerprint density at radius 1 is 0.895 bits per heavy atom. The fraction of sp³-hybridized carbons (Fsp3) is 0.778. The first-order valence-electron chi connectivity index (χ1n) is 14.1. The van der Waals surface area contributed by atoms with Gasteiger partial charge in [-0.2, -0.15) is 4.98 Å². The van der Waals surface area contributed by atoms with E-state index in [1.807, 2.05) is 11.5 Å². The molecule has 2 aromatic heterocycles. The van der Waals surface area contributed by atoms with Gasteiger partial charge in [0, 0.05) is 13.0 Å². The number of nitrogens with zero attached hydrogens (tertiary/aromatic N) is 4. The van der Waals surface area contributed by atoms with E-state index in [-0.39, 0.29) is 29.5 Å². The lowest BCUT2D eigenvalue weighted by Gasteiger charge is -2.12. The van der Waals surface area contributed by atoms with Crippen LogP contribution < -0.4 is 0 Å². The average Bonchev–Trinajstić information content (AvgIpc) is 3.18. The third kappa shape index (κ3) is 10.4. The molecular formula is C27H45ClN4O5S. The quantitative estimate of drug-likeness (QED) is 0.0890. The van der Waals surface area contributed by atoms with E-state index in [1.54, 1.807) is 13.8 Å². The molecule has 0 aliphatic rings. The number of ether oxygens (including phenoxy) is 1. The molecule has 11 heteroatoms. The van der Waals surface area contributed by atoms with Crippen LogP contribution in [0.25, 0.3) is 11.2 Å². The zero-order valence-corrected chi connectivity index (χ0v) is 24.8. The minimum absolute atomic E-state index is 0.0259. The highest BCUT2D eigenvalue weighted by atomic mass is 35.5. The van der Waals surface area contributed by atoms with Crippen molar-refractivity contribution in [2.45, 2.75) is 127 Å². The standard InChI is InChI=1S/C27H45ClN4O5S/c1-21(2)38(35,36)26-24-25(30-27(28)31-26)29-22(3)32(24)18-16-14-12-10-8-6-4-5-7-9-11-13-15-17-23(34)37-20-19-33/h21,33H,4-20H2,1-3H3. The lowest BCUT2D eigenvalue weighted by atomic mass is 10.0. The number of aryl methyl sites for hydroxylation is 2. The van der Waals surface area contributed by atoms with Crippen molar-refractivity contribution >= 4 is 38.6 Å². The van der Waals surface area contributed by atoms with Crippen LogP contribution in [0.2, 0.25) is 5.28 Å². The lowest BCUT2D eigenvalue weighted by molar-refractivity contribution is -0.144. The smallest absolute Gasteiger partial charge is 0.305 e. The van der Waals surface area contributed by atoms with Crippen molar-refractivity contribution in [2.75, 3.05) is 13.2 Å². The summed E-state index contributed by atoms with van der Waals surface area (Å²) in [6.45, 7) is 5.79. The maximum Gasteiger partial charge on any atom is 0.305 e. The monoisotopic (exact) mass is 572 g/mol. The molecule has 216 valence electrons. The maximum atomic E-state index is 12.9. The summed E-state index contributed by atoms with van der Waals surface area (Å²) < 4.78 is 32.6. The summed E-state index contributed by atoms with van der Waals surface area (Å²) in [5.41, 5.74) is 0.793. The predicted molar refractivity (Wildman–Crippen MR) is 150 cm³/mol. The molecule has 0 saturated carbocycles. The van der Waals surface area contributed by atoms with Crippen LogP contribution in [0.15, 0.2) is 5.03 Å². The number of aliphatic hydroxyl groups is 1. The van der Waals surface area contributed by atoms with Gasteiger partial charge in [-0.15, -0.1) is 0 Å². The Balaban J connectivity index is 1.59. The second-order valence-corrected chi connectivity index (χ2v) is 12.9. The Hall–Kier alpha value is -1.78. The van der Waals surface area contributed by atoms with Crippen molar-refractivity contribution in [3.05, 3.63) is 11.1 Å². The number of esters is 1. The van der Waals surface area contributed by atoms with Gasteiger partial charge in [-0.3, -0.25) is 4.79 Å². The number of hydrogen-bond acceptors (Lipinski definition) is 8. The van der Waals surface area contributed by atoms with Crippen LogP contribution in [0.1, 0.15) is 110 Å². The number of unbranched alkanes of at least 4 members (excludes halogenated alkanes) is 12. The van der Waals surface area contributed by atoms with Crippen LogP contribution in [0.3, 0.4) is 0 Å². The van der Waals surface area contributed by atoms with Crippen LogP contribution in [-0.4, -0.2) is 57.5 Å². The molecule has 38 heavy (non-hydrogen) atoms. The number of rotatable bonds is 20. The van der Waals surface area contributed by atoms with Crippen LogP contribution in [0, 0.1) is 6.92 Å². The minimum Gasteiger partial charge on any atom is -0.463 e. The molecule has 0 fully saturated rings. The van der Waals surface area contributed by atoms with Gasteiger partial charge in [0.05, 0.1) is 11.9 Å². The highest BCUT2D eigenvalue weighted by molar-refractivity contribution is 7.92. The zero-order valence-electron chi connectivity index (χ0n) is 23.3. The van der Waals surface area contributed by atoms with Crippen LogP contribution >= 0.6 is 11.6 Å². The Kier molecular flexibility index (Phi) is 14.5. The number of halogens is 1. The molecular weight excluding hydrogens is 528 g/mol. The number of sulfone groups is 1. The Morgan fingerprint density at radius 3 is 1.95 bits per heavy atom. The van der Waals surface area contributed by atoms with E-state index in [9.17, 15) is 13.2 Å². The number of carbonyl (C=O) groups is 1. The molecule has 0 aliphatic heterocycles. The van der Waals surface area contributed by atoms with Crippen molar-refractivity contribution in [1.82, 2.24) is 19.5 Å². The van der Waals surface area contributed by atoms with E-state index in [0.29, 0.717) is 24.1 Å². The second kappa shape index (κ2) is 17.0. The Labute approximate surface area is 232 Å². The third-order valence-corrected chi connectivity index (χ3v) is 8.98. The van der Waals surface area contributed by atoms with Crippen LogP contribution in [-0.2, 0) is 25.9 Å². The molecule has 2 rings (SSSR count).